The Morgan fingerprint density at radius 3 is 2.81 bits per heavy atom. The maximum absolute atomic E-state index is 13.9. The standard InChI is InChI=1S/C18H12ClFN4O3/c1-9(22-18(26)27)16-23-13-6-5-12(20)15(19)14(13)17(25)24(16)11-4-2-3-10(7-11)8-21/h2-7,9,22H,1H3,(H,26,27). The molecule has 2 aromatic carbocycles. The Morgan fingerprint density at radius 2 is 2.15 bits per heavy atom. The minimum Gasteiger partial charge on any atom is -0.465 e. The summed E-state index contributed by atoms with van der Waals surface area (Å²) in [5.41, 5.74) is 0.0270. The zero-order chi connectivity index (χ0) is 19.7. The highest BCUT2D eigenvalue weighted by molar-refractivity contribution is 6.35. The molecule has 0 radical (unpaired) electrons. The molecule has 0 aliphatic carbocycles. The van der Waals surface area contributed by atoms with Gasteiger partial charge in [-0.25, -0.2) is 14.2 Å². The predicted octanol–water partition coefficient (Wildman–Crippen LogP) is 3.38. The lowest BCUT2D eigenvalue weighted by Gasteiger charge is -2.19. The molecule has 0 aliphatic rings. The number of nitriles is 1. The average molecular weight is 387 g/mol. The van der Waals surface area contributed by atoms with Gasteiger partial charge in [-0.3, -0.25) is 9.36 Å². The number of amides is 1. The molecule has 1 aromatic heterocycles. The third kappa shape index (κ3) is 3.32. The molecule has 0 saturated carbocycles. The van der Waals surface area contributed by atoms with Gasteiger partial charge >= 0.3 is 6.09 Å². The molecule has 3 rings (SSSR count). The predicted molar refractivity (Wildman–Crippen MR) is 96.6 cm³/mol. The molecule has 0 aliphatic heterocycles. The van der Waals surface area contributed by atoms with Gasteiger partial charge in [-0.05, 0) is 37.3 Å². The van der Waals surface area contributed by atoms with Gasteiger partial charge in [-0.1, -0.05) is 17.7 Å². The van der Waals surface area contributed by atoms with Crippen LogP contribution in [0.15, 0.2) is 41.2 Å². The third-order valence-corrected chi connectivity index (χ3v) is 4.28. The Kier molecular flexibility index (Phi) is 4.79. The summed E-state index contributed by atoms with van der Waals surface area (Å²) in [6.07, 6.45) is -1.30. The number of hydrogen-bond acceptors (Lipinski definition) is 4. The molecule has 0 fully saturated rings. The number of carboxylic acid groups (broad SMARTS) is 1. The van der Waals surface area contributed by atoms with Crippen LogP contribution in [0.2, 0.25) is 5.02 Å². The van der Waals surface area contributed by atoms with E-state index in [1.54, 1.807) is 18.2 Å². The van der Waals surface area contributed by atoms with Crippen LogP contribution in [0.25, 0.3) is 16.6 Å². The van der Waals surface area contributed by atoms with E-state index < -0.39 is 23.5 Å². The van der Waals surface area contributed by atoms with Crippen LogP contribution in [0.1, 0.15) is 24.4 Å². The second kappa shape index (κ2) is 7.05. The zero-order valence-electron chi connectivity index (χ0n) is 13.9. The van der Waals surface area contributed by atoms with Crippen LogP contribution in [0, 0.1) is 17.1 Å². The van der Waals surface area contributed by atoms with E-state index in [2.05, 4.69) is 10.3 Å². The van der Waals surface area contributed by atoms with Crippen LogP contribution < -0.4 is 10.9 Å². The third-order valence-electron chi connectivity index (χ3n) is 3.91. The molecule has 9 heteroatoms. The Hall–Kier alpha value is -3.44. The number of nitrogens with one attached hydrogen (secondary N) is 1. The lowest BCUT2D eigenvalue weighted by Crippen LogP contribution is -2.32. The first-order chi connectivity index (χ1) is 12.8. The number of benzene rings is 2. The van der Waals surface area contributed by atoms with E-state index in [-0.39, 0.29) is 33.0 Å². The fourth-order valence-electron chi connectivity index (χ4n) is 2.73. The van der Waals surface area contributed by atoms with Crippen molar-refractivity contribution in [1.29, 1.82) is 5.26 Å². The molecule has 2 N–H and O–H groups in total. The SMILES string of the molecule is CC(NC(=O)O)c1nc2ccc(F)c(Cl)c2c(=O)n1-c1cccc(C#N)c1. The number of aromatic nitrogens is 2. The van der Waals surface area contributed by atoms with Crippen molar-refractivity contribution in [2.45, 2.75) is 13.0 Å². The van der Waals surface area contributed by atoms with E-state index in [0.717, 1.165) is 10.6 Å². The molecule has 0 bridgehead atoms. The van der Waals surface area contributed by atoms with Crippen LogP contribution >= 0.6 is 11.6 Å². The van der Waals surface area contributed by atoms with Gasteiger partial charge in [0.15, 0.2) is 0 Å². The number of halogens is 2. The maximum Gasteiger partial charge on any atom is 0.405 e. The highest BCUT2D eigenvalue weighted by Gasteiger charge is 2.21. The quantitative estimate of drug-likeness (QED) is 0.717. The van der Waals surface area contributed by atoms with Gasteiger partial charge in [0, 0.05) is 0 Å². The molecule has 1 heterocycles. The van der Waals surface area contributed by atoms with Crippen molar-refractivity contribution in [3.05, 3.63) is 69.0 Å². The molecular weight excluding hydrogens is 375 g/mol. The molecule has 3 aromatic rings. The van der Waals surface area contributed by atoms with Crippen molar-refractivity contribution in [1.82, 2.24) is 14.9 Å². The summed E-state index contributed by atoms with van der Waals surface area (Å²) in [6, 6.07) is 9.59. The largest absolute Gasteiger partial charge is 0.465 e. The molecule has 1 amide bonds. The molecule has 27 heavy (non-hydrogen) atoms. The first-order valence-electron chi connectivity index (χ1n) is 7.74. The summed E-state index contributed by atoms with van der Waals surface area (Å²) >= 11 is 5.98. The van der Waals surface area contributed by atoms with E-state index >= 15 is 0 Å². The van der Waals surface area contributed by atoms with Crippen molar-refractivity contribution in [3.63, 3.8) is 0 Å². The highest BCUT2D eigenvalue weighted by atomic mass is 35.5. The van der Waals surface area contributed by atoms with Gasteiger partial charge in [0.2, 0.25) is 0 Å². The van der Waals surface area contributed by atoms with E-state index in [1.165, 1.54) is 19.1 Å². The average Bonchev–Trinajstić information content (AvgIpc) is 2.63. The van der Waals surface area contributed by atoms with Crippen LogP contribution in [-0.4, -0.2) is 20.8 Å². The van der Waals surface area contributed by atoms with Crippen LogP contribution in [0.5, 0.6) is 0 Å². The van der Waals surface area contributed by atoms with Crippen LogP contribution in [-0.2, 0) is 0 Å². The zero-order valence-corrected chi connectivity index (χ0v) is 14.7. The summed E-state index contributed by atoms with van der Waals surface area (Å²) in [5, 5.41) is 19.9. The van der Waals surface area contributed by atoms with E-state index in [9.17, 15) is 14.0 Å². The Bertz CT molecular complexity index is 1170. The summed E-state index contributed by atoms with van der Waals surface area (Å²) in [5.74, 6) is -0.697. The van der Waals surface area contributed by atoms with Crippen molar-refractivity contribution < 1.29 is 14.3 Å². The van der Waals surface area contributed by atoms with Gasteiger partial charge in [0.1, 0.15) is 11.6 Å². The van der Waals surface area contributed by atoms with Gasteiger partial charge in [0.25, 0.3) is 5.56 Å². The van der Waals surface area contributed by atoms with E-state index in [4.69, 9.17) is 22.0 Å². The number of carbonyl (C=O) groups is 1. The molecule has 1 unspecified atom stereocenters. The van der Waals surface area contributed by atoms with Crippen molar-refractivity contribution >= 4 is 28.6 Å². The number of hydrogen-bond donors (Lipinski definition) is 2. The van der Waals surface area contributed by atoms with E-state index in [1.807, 2.05) is 6.07 Å². The molecule has 136 valence electrons. The minimum absolute atomic E-state index is 0.0765. The second-order valence-corrected chi connectivity index (χ2v) is 6.08. The lowest BCUT2D eigenvalue weighted by atomic mass is 10.1. The molecule has 0 spiro atoms. The van der Waals surface area contributed by atoms with Gasteiger partial charge in [-0.2, -0.15) is 5.26 Å². The first-order valence-corrected chi connectivity index (χ1v) is 8.12. The van der Waals surface area contributed by atoms with Gasteiger partial charge in [0.05, 0.1) is 39.3 Å². The Morgan fingerprint density at radius 1 is 1.41 bits per heavy atom. The molecule has 0 saturated heterocycles. The van der Waals surface area contributed by atoms with Crippen molar-refractivity contribution in [2.75, 3.05) is 0 Å². The molecule has 7 nitrogen and oxygen atoms in total. The van der Waals surface area contributed by atoms with Crippen molar-refractivity contribution in [3.8, 4) is 11.8 Å². The van der Waals surface area contributed by atoms with Gasteiger partial charge in [-0.15, -0.1) is 0 Å². The van der Waals surface area contributed by atoms with Crippen molar-refractivity contribution in [2.24, 2.45) is 0 Å². The van der Waals surface area contributed by atoms with Crippen LogP contribution in [0.4, 0.5) is 9.18 Å². The van der Waals surface area contributed by atoms with E-state index in [0.29, 0.717) is 0 Å². The fourth-order valence-corrected chi connectivity index (χ4v) is 2.97. The summed E-state index contributed by atoms with van der Waals surface area (Å²) in [6.45, 7) is 1.51. The summed E-state index contributed by atoms with van der Waals surface area (Å²) in [7, 11) is 0. The fraction of sp³-hybridized carbons (Fsp3) is 0.111. The van der Waals surface area contributed by atoms with Crippen LogP contribution in [0.3, 0.4) is 0 Å². The number of nitrogens with zero attached hydrogens (tertiary/aromatic N) is 3. The number of fused-ring (bicyclic) bond motifs is 1. The molecule has 1 atom stereocenters. The monoisotopic (exact) mass is 386 g/mol. The normalized spacial score (nSPS) is 11.8. The topological polar surface area (TPSA) is 108 Å². The maximum atomic E-state index is 13.9. The Labute approximate surface area is 157 Å². The first kappa shape index (κ1) is 18.4. The minimum atomic E-state index is -1.30. The smallest absolute Gasteiger partial charge is 0.405 e. The second-order valence-electron chi connectivity index (χ2n) is 5.70. The Balaban J connectivity index is 2.42. The molecular formula is C18H12ClFN4O3. The number of rotatable bonds is 3. The summed E-state index contributed by atoms with van der Waals surface area (Å²) < 4.78 is 15.0. The highest BCUT2D eigenvalue weighted by Crippen LogP contribution is 2.25. The lowest BCUT2D eigenvalue weighted by molar-refractivity contribution is 0.190. The summed E-state index contributed by atoms with van der Waals surface area (Å²) in [4.78, 5) is 28.5. The van der Waals surface area contributed by atoms with Gasteiger partial charge < -0.3 is 10.4 Å².